The lowest BCUT2D eigenvalue weighted by molar-refractivity contribution is 0.155. The molecule has 2 aliphatic rings. The molecule has 110 valence electrons. The molecular weight excluding hydrogens is 270 g/mol. The molecule has 1 aliphatic heterocycles. The third kappa shape index (κ3) is 3.19. The van der Waals surface area contributed by atoms with E-state index in [0.29, 0.717) is 5.92 Å². The van der Waals surface area contributed by atoms with E-state index in [1.165, 1.54) is 12.8 Å². The van der Waals surface area contributed by atoms with Gasteiger partial charge in [0.05, 0.1) is 15.6 Å². The Balaban J connectivity index is 1.60. The fraction of sp³-hybridized carbons (Fsp3) is 0.714. The molecule has 3 N–H and O–H groups in total. The lowest BCUT2D eigenvalue weighted by atomic mass is 10.2. The minimum Gasteiger partial charge on any atom is -0.383 e. The quantitative estimate of drug-likeness (QED) is 0.630. The van der Waals surface area contributed by atoms with E-state index in [9.17, 15) is 0 Å². The summed E-state index contributed by atoms with van der Waals surface area (Å²) in [6.45, 7) is 5.68. The third-order valence-corrected chi connectivity index (χ3v) is 5.31. The van der Waals surface area contributed by atoms with E-state index in [1.807, 2.05) is 0 Å². The molecule has 1 saturated heterocycles. The second-order valence-electron chi connectivity index (χ2n) is 5.90. The normalized spacial score (nSPS) is 21.2. The number of nitrogens with one attached hydrogen (secondary N) is 1. The standard InChI is InChI=1S/C14H23N5S/c1-18-6-8-19(9-7-18)5-4-11-17-12(10-2-3-10)13(20-11)14(15)16/h10H,2-9H2,1H3,(H3,15,16). The zero-order chi connectivity index (χ0) is 14.1. The fourth-order valence-electron chi connectivity index (χ4n) is 2.64. The average Bonchev–Trinajstić information content (AvgIpc) is 3.18. The van der Waals surface area contributed by atoms with Gasteiger partial charge in [0.15, 0.2) is 0 Å². The van der Waals surface area contributed by atoms with Crippen molar-refractivity contribution in [1.29, 1.82) is 5.41 Å². The first-order chi connectivity index (χ1) is 9.63. The summed E-state index contributed by atoms with van der Waals surface area (Å²) in [5.74, 6) is 0.762. The maximum Gasteiger partial charge on any atom is 0.135 e. The van der Waals surface area contributed by atoms with Gasteiger partial charge in [-0.15, -0.1) is 11.3 Å². The summed E-state index contributed by atoms with van der Waals surface area (Å²) in [5, 5.41) is 8.84. The number of nitrogen functional groups attached to an aromatic ring is 1. The number of piperazine rings is 1. The second kappa shape index (κ2) is 5.79. The number of aromatic nitrogens is 1. The molecule has 0 amide bonds. The van der Waals surface area contributed by atoms with Crippen LogP contribution in [0.15, 0.2) is 0 Å². The topological polar surface area (TPSA) is 69.2 Å². The Kier molecular flexibility index (Phi) is 4.05. The minimum absolute atomic E-state index is 0.190. The monoisotopic (exact) mass is 293 g/mol. The minimum atomic E-state index is 0.190. The summed E-state index contributed by atoms with van der Waals surface area (Å²) in [4.78, 5) is 10.6. The van der Waals surface area contributed by atoms with Crippen LogP contribution in [0.25, 0.3) is 0 Å². The highest BCUT2D eigenvalue weighted by Gasteiger charge is 2.30. The van der Waals surface area contributed by atoms with Gasteiger partial charge in [0.25, 0.3) is 0 Å². The molecule has 5 nitrogen and oxygen atoms in total. The van der Waals surface area contributed by atoms with E-state index in [2.05, 4.69) is 16.8 Å². The van der Waals surface area contributed by atoms with E-state index in [0.717, 1.165) is 54.7 Å². The zero-order valence-corrected chi connectivity index (χ0v) is 12.9. The lowest BCUT2D eigenvalue weighted by Gasteiger charge is -2.32. The van der Waals surface area contributed by atoms with Gasteiger partial charge in [0.1, 0.15) is 5.84 Å². The van der Waals surface area contributed by atoms with Gasteiger partial charge < -0.3 is 15.5 Å². The largest absolute Gasteiger partial charge is 0.383 e. The van der Waals surface area contributed by atoms with Crippen LogP contribution in [0.5, 0.6) is 0 Å². The Hall–Kier alpha value is -0.980. The Morgan fingerprint density at radius 1 is 1.35 bits per heavy atom. The number of hydrogen-bond acceptors (Lipinski definition) is 5. The van der Waals surface area contributed by atoms with Gasteiger partial charge in [-0.05, 0) is 19.9 Å². The van der Waals surface area contributed by atoms with Crippen molar-refractivity contribution in [2.45, 2.75) is 25.2 Å². The first-order valence-electron chi connectivity index (χ1n) is 7.38. The number of nitrogens with two attached hydrogens (primary N) is 1. The number of nitrogens with zero attached hydrogens (tertiary/aromatic N) is 3. The second-order valence-corrected chi connectivity index (χ2v) is 6.99. The van der Waals surface area contributed by atoms with Crippen molar-refractivity contribution >= 4 is 17.2 Å². The van der Waals surface area contributed by atoms with E-state index in [4.69, 9.17) is 16.1 Å². The maximum absolute atomic E-state index is 7.69. The van der Waals surface area contributed by atoms with Gasteiger partial charge in [-0.3, -0.25) is 5.41 Å². The van der Waals surface area contributed by atoms with Crippen molar-refractivity contribution in [3.63, 3.8) is 0 Å². The Bertz CT molecular complexity index is 486. The molecular formula is C14H23N5S. The number of thiazole rings is 1. The predicted octanol–water partition coefficient (Wildman–Crippen LogP) is 1.09. The molecule has 0 unspecified atom stereocenters. The third-order valence-electron chi connectivity index (χ3n) is 4.14. The van der Waals surface area contributed by atoms with Crippen LogP contribution >= 0.6 is 11.3 Å². The first kappa shape index (κ1) is 14.0. The summed E-state index contributed by atoms with van der Waals surface area (Å²) in [6, 6.07) is 0. The molecule has 0 bridgehead atoms. The summed E-state index contributed by atoms with van der Waals surface area (Å²) < 4.78 is 0. The van der Waals surface area contributed by atoms with Crippen molar-refractivity contribution in [2.75, 3.05) is 39.8 Å². The van der Waals surface area contributed by atoms with Crippen LogP contribution in [0.3, 0.4) is 0 Å². The van der Waals surface area contributed by atoms with E-state index in [1.54, 1.807) is 11.3 Å². The summed E-state index contributed by atoms with van der Waals surface area (Å²) in [6.07, 6.45) is 3.41. The van der Waals surface area contributed by atoms with Gasteiger partial charge in [-0.25, -0.2) is 4.98 Å². The molecule has 1 aromatic heterocycles. The number of likely N-dealkylation sites (N-methyl/N-ethyl adjacent to an activating group) is 1. The molecule has 3 rings (SSSR count). The van der Waals surface area contributed by atoms with Gasteiger partial charge in [-0.2, -0.15) is 0 Å². The smallest absolute Gasteiger partial charge is 0.135 e. The molecule has 20 heavy (non-hydrogen) atoms. The van der Waals surface area contributed by atoms with Crippen LogP contribution in [0.4, 0.5) is 0 Å². The van der Waals surface area contributed by atoms with Gasteiger partial charge in [0, 0.05) is 45.1 Å². The molecule has 2 fully saturated rings. The molecule has 2 heterocycles. The van der Waals surface area contributed by atoms with Crippen molar-refractivity contribution in [1.82, 2.24) is 14.8 Å². The zero-order valence-electron chi connectivity index (χ0n) is 12.1. The molecule has 0 aromatic carbocycles. The fourth-order valence-corrected chi connectivity index (χ4v) is 3.64. The van der Waals surface area contributed by atoms with Crippen molar-refractivity contribution < 1.29 is 0 Å². The van der Waals surface area contributed by atoms with E-state index < -0.39 is 0 Å². The Labute approximate surface area is 124 Å². The SMILES string of the molecule is CN1CCN(CCc2nc(C3CC3)c(C(=N)N)s2)CC1. The Morgan fingerprint density at radius 2 is 2.05 bits per heavy atom. The highest BCUT2D eigenvalue weighted by Crippen LogP contribution is 2.42. The van der Waals surface area contributed by atoms with Crippen LogP contribution in [-0.2, 0) is 6.42 Å². The van der Waals surface area contributed by atoms with Crippen LogP contribution in [0.1, 0.15) is 34.3 Å². The molecule has 1 aliphatic carbocycles. The highest BCUT2D eigenvalue weighted by atomic mass is 32.1. The lowest BCUT2D eigenvalue weighted by Crippen LogP contribution is -2.45. The first-order valence-corrected chi connectivity index (χ1v) is 8.20. The van der Waals surface area contributed by atoms with Crippen LogP contribution in [0.2, 0.25) is 0 Å². The molecule has 0 atom stereocenters. The van der Waals surface area contributed by atoms with Crippen molar-refractivity contribution in [3.05, 3.63) is 15.6 Å². The summed E-state index contributed by atoms with van der Waals surface area (Å²) >= 11 is 1.63. The highest BCUT2D eigenvalue weighted by molar-refractivity contribution is 7.13. The molecule has 1 saturated carbocycles. The number of amidine groups is 1. The van der Waals surface area contributed by atoms with Crippen LogP contribution in [0, 0.1) is 5.41 Å². The number of rotatable bonds is 5. The van der Waals surface area contributed by atoms with E-state index >= 15 is 0 Å². The molecule has 6 heteroatoms. The van der Waals surface area contributed by atoms with Gasteiger partial charge >= 0.3 is 0 Å². The van der Waals surface area contributed by atoms with Crippen molar-refractivity contribution in [2.24, 2.45) is 5.73 Å². The summed E-state index contributed by atoms with van der Waals surface area (Å²) in [5.41, 5.74) is 6.78. The Morgan fingerprint density at radius 3 is 2.65 bits per heavy atom. The van der Waals surface area contributed by atoms with Gasteiger partial charge in [-0.1, -0.05) is 0 Å². The van der Waals surface area contributed by atoms with E-state index in [-0.39, 0.29) is 5.84 Å². The van der Waals surface area contributed by atoms with Crippen molar-refractivity contribution in [3.8, 4) is 0 Å². The number of hydrogen-bond donors (Lipinski definition) is 2. The average molecular weight is 293 g/mol. The van der Waals surface area contributed by atoms with Crippen LogP contribution in [-0.4, -0.2) is 60.4 Å². The van der Waals surface area contributed by atoms with Gasteiger partial charge in [0.2, 0.25) is 0 Å². The van der Waals surface area contributed by atoms with Crippen LogP contribution < -0.4 is 5.73 Å². The predicted molar refractivity (Wildman–Crippen MR) is 82.7 cm³/mol. The molecule has 0 spiro atoms. The molecule has 0 radical (unpaired) electrons. The maximum atomic E-state index is 7.69. The molecule has 1 aromatic rings. The summed E-state index contributed by atoms with van der Waals surface area (Å²) in [7, 11) is 2.18.